The Morgan fingerprint density at radius 3 is 2.37 bits per heavy atom. The summed E-state index contributed by atoms with van der Waals surface area (Å²) in [5.74, 6) is -0.722. The van der Waals surface area contributed by atoms with Crippen molar-refractivity contribution in [3.05, 3.63) is 113 Å². The summed E-state index contributed by atoms with van der Waals surface area (Å²) in [6, 6.07) is 23.6. The number of aryl methyl sites for hydroxylation is 1. The van der Waals surface area contributed by atoms with Crippen LogP contribution < -0.4 is 10.1 Å². The lowest BCUT2D eigenvalue weighted by atomic mass is 10.0. The zero-order valence-corrected chi connectivity index (χ0v) is 21.2. The Kier molecular flexibility index (Phi) is 8.77. The van der Waals surface area contributed by atoms with Crippen LogP contribution in [0.15, 0.2) is 78.9 Å². The molecule has 0 atom stereocenters. The summed E-state index contributed by atoms with van der Waals surface area (Å²) in [6.07, 6.45) is 0.362. The molecule has 38 heavy (non-hydrogen) atoms. The van der Waals surface area contributed by atoms with Gasteiger partial charge in [-0.3, -0.25) is 9.59 Å². The summed E-state index contributed by atoms with van der Waals surface area (Å²) >= 11 is 0. The molecular formula is C30H28FN3O4. The molecule has 3 aromatic carbocycles. The minimum atomic E-state index is -0.561. The number of carbonyl (C=O) groups is 2. The van der Waals surface area contributed by atoms with Crippen molar-refractivity contribution in [3.63, 3.8) is 0 Å². The molecule has 0 aliphatic rings. The van der Waals surface area contributed by atoms with Crippen molar-refractivity contribution < 1.29 is 23.5 Å². The Labute approximate surface area is 220 Å². The number of aromatic nitrogens is 2. The Bertz CT molecular complexity index is 1410. The van der Waals surface area contributed by atoms with E-state index in [1.54, 1.807) is 19.9 Å². The largest absolute Gasteiger partial charge is 0.485 e. The molecule has 1 heterocycles. The number of halogens is 1. The molecule has 8 heteroatoms. The second-order valence-electron chi connectivity index (χ2n) is 8.55. The summed E-state index contributed by atoms with van der Waals surface area (Å²) in [7, 11) is 0. The van der Waals surface area contributed by atoms with Gasteiger partial charge in [-0.2, -0.15) is 0 Å². The quantitative estimate of drug-likeness (QED) is 0.298. The smallest absolute Gasteiger partial charge is 0.325 e. The monoisotopic (exact) mass is 513 g/mol. The van der Waals surface area contributed by atoms with Crippen molar-refractivity contribution in [1.82, 2.24) is 15.3 Å². The molecule has 0 saturated carbocycles. The van der Waals surface area contributed by atoms with Crippen molar-refractivity contribution in [1.29, 1.82) is 0 Å². The van der Waals surface area contributed by atoms with E-state index in [-0.39, 0.29) is 37.0 Å². The molecule has 0 fully saturated rings. The van der Waals surface area contributed by atoms with Crippen molar-refractivity contribution >= 4 is 11.9 Å². The second kappa shape index (κ2) is 12.6. The van der Waals surface area contributed by atoms with Crippen LogP contribution in [0.5, 0.6) is 5.75 Å². The number of nitrogens with one attached hydrogen (secondary N) is 1. The first-order chi connectivity index (χ1) is 18.4. The Morgan fingerprint density at radius 2 is 1.66 bits per heavy atom. The third kappa shape index (κ3) is 7.00. The molecule has 0 radical (unpaired) electrons. The third-order valence-electron chi connectivity index (χ3n) is 5.70. The molecule has 0 aliphatic carbocycles. The van der Waals surface area contributed by atoms with Gasteiger partial charge in [-0.25, -0.2) is 14.4 Å². The molecule has 0 saturated heterocycles. The number of nitrogens with zero attached hydrogens (tertiary/aromatic N) is 2. The molecule has 0 aliphatic heterocycles. The molecule has 4 rings (SSSR count). The first-order valence-corrected chi connectivity index (χ1v) is 12.3. The van der Waals surface area contributed by atoms with Gasteiger partial charge in [0.05, 0.1) is 12.3 Å². The van der Waals surface area contributed by atoms with E-state index in [0.29, 0.717) is 17.9 Å². The molecule has 7 nitrogen and oxygen atoms in total. The van der Waals surface area contributed by atoms with Crippen LogP contribution in [0, 0.1) is 12.7 Å². The van der Waals surface area contributed by atoms with Gasteiger partial charge in [-0.15, -0.1) is 0 Å². The highest BCUT2D eigenvalue weighted by Crippen LogP contribution is 2.25. The zero-order chi connectivity index (χ0) is 26.9. The van der Waals surface area contributed by atoms with Gasteiger partial charge < -0.3 is 14.8 Å². The van der Waals surface area contributed by atoms with E-state index < -0.39 is 11.9 Å². The van der Waals surface area contributed by atoms with E-state index in [4.69, 9.17) is 9.47 Å². The highest BCUT2D eigenvalue weighted by Gasteiger charge is 2.21. The maximum atomic E-state index is 13.6. The number of ether oxygens (including phenoxy) is 2. The van der Waals surface area contributed by atoms with Gasteiger partial charge in [-0.1, -0.05) is 66.7 Å². The van der Waals surface area contributed by atoms with Gasteiger partial charge in [0.2, 0.25) is 0 Å². The molecule has 4 aromatic rings. The van der Waals surface area contributed by atoms with E-state index in [1.165, 1.54) is 12.1 Å². The number of hydrogen-bond donors (Lipinski definition) is 1. The molecule has 1 aromatic heterocycles. The van der Waals surface area contributed by atoms with Crippen LogP contribution in [0.1, 0.15) is 40.1 Å². The summed E-state index contributed by atoms with van der Waals surface area (Å²) in [6.45, 7) is 3.60. The average Bonchev–Trinajstić information content (AvgIpc) is 2.92. The number of hydrogen-bond acceptors (Lipinski definition) is 6. The van der Waals surface area contributed by atoms with E-state index in [0.717, 1.165) is 22.3 Å². The number of esters is 1. The van der Waals surface area contributed by atoms with E-state index in [2.05, 4.69) is 15.3 Å². The minimum Gasteiger partial charge on any atom is -0.485 e. The Hall–Kier alpha value is -4.59. The fourth-order valence-electron chi connectivity index (χ4n) is 3.87. The normalized spacial score (nSPS) is 10.6. The van der Waals surface area contributed by atoms with Crippen LogP contribution in [0.25, 0.3) is 11.1 Å². The van der Waals surface area contributed by atoms with Crippen LogP contribution in [0.2, 0.25) is 0 Å². The molecule has 1 N–H and O–H groups in total. The van der Waals surface area contributed by atoms with E-state index >= 15 is 0 Å². The number of rotatable bonds is 10. The summed E-state index contributed by atoms with van der Waals surface area (Å²) in [4.78, 5) is 33.9. The van der Waals surface area contributed by atoms with Crippen LogP contribution in [0.4, 0.5) is 4.39 Å². The van der Waals surface area contributed by atoms with Gasteiger partial charge >= 0.3 is 5.97 Å². The minimum absolute atomic E-state index is 0.0455. The van der Waals surface area contributed by atoms with Gasteiger partial charge in [-0.05, 0) is 48.2 Å². The molecule has 1 amide bonds. The average molecular weight is 514 g/mol. The van der Waals surface area contributed by atoms with Crippen molar-refractivity contribution in [2.24, 2.45) is 0 Å². The Balaban J connectivity index is 1.57. The first kappa shape index (κ1) is 26.5. The Morgan fingerprint density at radius 1 is 0.895 bits per heavy atom. The predicted octanol–water partition coefficient (Wildman–Crippen LogP) is 5.05. The fraction of sp³-hybridized carbons (Fsp3) is 0.200. The topological polar surface area (TPSA) is 90.4 Å². The van der Waals surface area contributed by atoms with Crippen LogP contribution >= 0.6 is 0 Å². The van der Waals surface area contributed by atoms with Crippen molar-refractivity contribution in [2.75, 3.05) is 13.2 Å². The van der Waals surface area contributed by atoms with Crippen LogP contribution in [-0.2, 0) is 22.6 Å². The van der Waals surface area contributed by atoms with Gasteiger partial charge in [0.15, 0.2) is 11.4 Å². The maximum Gasteiger partial charge on any atom is 0.325 e. The van der Waals surface area contributed by atoms with Crippen LogP contribution in [-0.4, -0.2) is 35.0 Å². The van der Waals surface area contributed by atoms with Crippen LogP contribution in [0.3, 0.4) is 0 Å². The number of benzene rings is 3. The summed E-state index contributed by atoms with van der Waals surface area (Å²) in [5, 5.41) is 2.56. The lowest BCUT2D eigenvalue weighted by Gasteiger charge is -2.15. The lowest BCUT2D eigenvalue weighted by molar-refractivity contribution is -0.141. The lowest BCUT2D eigenvalue weighted by Crippen LogP contribution is -2.32. The first-order valence-electron chi connectivity index (χ1n) is 12.3. The maximum absolute atomic E-state index is 13.6. The standard InChI is InChI=1S/C30H28FN3O4/c1-3-37-27(35)18-32-30(36)28-29(38-19-22-8-5-4-6-9-22)20(2)33-26(34-28)16-21-12-14-23(15-13-21)24-10-7-11-25(31)17-24/h4-15,17H,3,16,18-19H2,1-2H3,(H,32,36). The molecule has 0 unspecified atom stereocenters. The molecule has 0 bridgehead atoms. The number of carbonyl (C=O) groups excluding carboxylic acids is 2. The SMILES string of the molecule is CCOC(=O)CNC(=O)c1nc(Cc2ccc(-c3cccc(F)c3)cc2)nc(C)c1OCc1ccccc1. The second-order valence-corrected chi connectivity index (χ2v) is 8.55. The van der Waals surface area contributed by atoms with Crippen molar-refractivity contribution in [2.45, 2.75) is 26.9 Å². The van der Waals surface area contributed by atoms with Gasteiger partial charge in [0.25, 0.3) is 5.91 Å². The summed E-state index contributed by atoms with van der Waals surface area (Å²) < 4.78 is 24.5. The van der Waals surface area contributed by atoms with Gasteiger partial charge in [0, 0.05) is 6.42 Å². The van der Waals surface area contributed by atoms with E-state index in [1.807, 2.05) is 60.7 Å². The van der Waals surface area contributed by atoms with Gasteiger partial charge in [0.1, 0.15) is 24.8 Å². The highest BCUT2D eigenvalue weighted by atomic mass is 19.1. The molecular weight excluding hydrogens is 485 g/mol. The third-order valence-corrected chi connectivity index (χ3v) is 5.70. The fourth-order valence-corrected chi connectivity index (χ4v) is 3.87. The predicted molar refractivity (Wildman–Crippen MR) is 141 cm³/mol. The number of amides is 1. The summed E-state index contributed by atoms with van der Waals surface area (Å²) in [5.41, 5.74) is 4.05. The zero-order valence-electron chi connectivity index (χ0n) is 21.2. The van der Waals surface area contributed by atoms with Crippen molar-refractivity contribution in [3.8, 4) is 16.9 Å². The van der Waals surface area contributed by atoms with E-state index in [9.17, 15) is 14.0 Å². The molecule has 0 spiro atoms. The highest BCUT2D eigenvalue weighted by molar-refractivity contribution is 5.96. The molecule has 194 valence electrons.